The van der Waals surface area contributed by atoms with Gasteiger partial charge in [0.05, 0.1) is 0 Å². The molecule has 2 aromatic carbocycles. The molecule has 0 aliphatic carbocycles. The molecular weight excluding hydrogens is 238 g/mol. The molecule has 0 unspecified atom stereocenters. The average molecular weight is 253 g/mol. The maximum Gasteiger partial charge on any atom is 0.331 e. The van der Waals surface area contributed by atoms with Gasteiger partial charge in [-0.15, -0.1) is 0 Å². The Morgan fingerprint density at radius 3 is 1.89 bits per heavy atom. The van der Waals surface area contributed by atoms with E-state index in [0.717, 1.165) is 17.5 Å². The van der Waals surface area contributed by atoms with Crippen molar-refractivity contribution in [3.05, 3.63) is 73.3 Å². The SMILES string of the molecule is C=CC(=O)OCN(c1ccccc1)c1ccccc1. The summed E-state index contributed by atoms with van der Waals surface area (Å²) in [6.07, 6.45) is 1.16. The van der Waals surface area contributed by atoms with Gasteiger partial charge in [0.2, 0.25) is 0 Å². The van der Waals surface area contributed by atoms with Crippen molar-refractivity contribution in [2.75, 3.05) is 11.6 Å². The Bertz CT molecular complexity index is 498. The van der Waals surface area contributed by atoms with Crippen LogP contribution in [0.1, 0.15) is 0 Å². The molecule has 0 aromatic heterocycles. The minimum Gasteiger partial charge on any atom is -0.441 e. The van der Waals surface area contributed by atoms with E-state index < -0.39 is 5.97 Å². The van der Waals surface area contributed by atoms with Crippen LogP contribution < -0.4 is 4.90 Å². The Morgan fingerprint density at radius 1 is 1.00 bits per heavy atom. The molecule has 0 radical (unpaired) electrons. The summed E-state index contributed by atoms with van der Waals surface area (Å²) >= 11 is 0. The van der Waals surface area contributed by atoms with Crippen molar-refractivity contribution in [2.45, 2.75) is 0 Å². The fourth-order valence-electron chi connectivity index (χ4n) is 1.70. The highest BCUT2D eigenvalue weighted by Crippen LogP contribution is 2.24. The number of carbonyl (C=O) groups is 1. The van der Waals surface area contributed by atoms with E-state index in [4.69, 9.17) is 4.74 Å². The van der Waals surface area contributed by atoms with Gasteiger partial charge in [-0.2, -0.15) is 0 Å². The maximum absolute atomic E-state index is 11.2. The second-order valence-corrected chi connectivity index (χ2v) is 3.90. The van der Waals surface area contributed by atoms with Crippen LogP contribution in [-0.2, 0) is 9.53 Å². The van der Waals surface area contributed by atoms with Crippen LogP contribution in [-0.4, -0.2) is 12.7 Å². The van der Waals surface area contributed by atoms with Gasteiger partial charge in [0.1, 0.15) is 0 Å². The predicted molar refractivity (Wildman–Crippen MR) is 76.2 cm³/mol. The van der Waals surface area contributed by atoms with Crippen molar-refractivity contribution in [2.24, 2.45) is 0 Å². The number of esters is 1. The summed E-state index contributed by atoms with van der Waals surface area (Å²) in [6.45, 7) is 3.54. The van der Waals surface area contributed by atoms with Crippen molar-refractivity contribution in [3.63, 3.8) is 0 Å². The number of para-hydroxylation sites is 2. The topological polar surface area (TPSA) is 29.5 Å². The Balaban J connectivity index is 2.24. The molecule has 2 rings (SSSR count). The van der Waals surface area contributed by atoms with Crippen molar-refractivity contribution in [1.82, 2.24) is 0 Å². The first-order chi connectivity index (χ1) is 9.31. The first-order valence-corrected chi connectivity index (χ1v) is 5.98. The number of rotatable bonds is 5. The first-order valence-electron chi connectivity index (χ1n) is 5.98. The fraction of sp³-hybridized carbons (Fsp3) is 0.0625. The van der Waals surface area contributed by atoms with E-state index >= 15 is 0 Å². The van der Waals surface area contributed by atoms with Crippen LogP contribution in [0.2, 0.25) is 0 Å². The van der Waals surface area contributed by atoms with Crippen molar-refractivity contribution < 1.29 is 9.53 Å². The van der Waals surface area contributed by atoms with E-state index in [9.17, 15) is 4.79 Å². The number of carbonyl (C=O) groups excluding carboxylic acids is 1. The Kier molecular flexibility index (Phi) is 4.34. The summed E-state index contributed by atoms with van der Waals surface area (Å²) < 4.78 is 5.13. The third-order valence-corrected chi connectivity index (χ3v) is 2.64. The average Bonchev–Trinajstić information content (AvgIpc) is 2.49. The Morgan fingerprint density at radius 2 is 1.47 bits per heavy atom. The predicted octanol–water partition coefficient (Wildman–Crippen LogP) is 3.51. The lowest BCUT2D eigenvalue weighted by Gasteiger charge is -2.24. The lowest BCUT2D eigenvalue weighted by Crippen LogP contribution is -2.22. The fourth-order valence-corrected chi connectivity index (χ4v) is 1.70. The number of nitrogens with zero attached hydrogens (tertiary/aromatic N) is 1. The lowest BCUT2D eigenvalue weighted by molar-refractivity contribution is -0.137. The number of benzene rings is 2. The summed E-state index contributed by atoms with van der Waals surface area (Å²) in [6, 6.07) is 19.5. The van der Waals surface area contributed by atoms with E-state index in [2.05, 4.69) is 6.58 Å². The van der Waals surface area contributed by atoms with Crippen LogP contribution in [0.3, 0.4) is 0 Å². The van der Waals surface area contributed by atoms with Gasteiger partial charge in [-0.1, -0.05) is 43.0 Å². The largest absolute Gasteiger partial charge is 0.441 e. The Hall–Kier alpha value is -2.55. The molecule has 0 saturated heterocycles. The maximum atomic E-state index is 11.2. The third-order valence-electron chi connectivity index (χ3n) is 2.64. The van der Waals surface area contributed by atoms with E-state index in [1.54, 1.807) is 0 Å². The molecule has 0 amide bonds. The first kappa shape index (κ1) is 12.9. The van der Waals surface area contributed by atoms with Crippen LogP contribution in [0.25, 0.3) is 0 Å². The molecule has 0 bridgehead atoms. The molecule has 0 aliphatic rings. The molecule has 0 heterocycles. The van der Waals surface area contributed by atoms with Crippen LogP contribution in [0.15, 0.2) is 73.3 Å². The van der Waals surface area contributed by atoms with Gasteiger partial charge in [-0.3, -0.25) is 0 Å². The summed E-state index contributed by atoms with van der Waals surface area (Å²) in [5.41, 5.74) is 1.93. The zero-order chi connectivity index (χ0) is 13.5. The van der Waals surface area contributed by atoms with Crippen LogP contribution in [0.4, 0.5) is 11.4 Å². The third kappa shape index (κ3) is 3.45. The van der Waals surface area contributed by atoms with Crippen LogP contribution in [0.5, 0.6) is 0 Å². The van der Waals surface area contributed by atoms with Crippen molar-refractivity contribution in [1.29, 1.82) is 0 Å². The summed E-state index contributed by atoms with van der Waals surface area (Å²) in [5.74, 6) is -0.433. The second kappa shape index (κ2) is 6.40. The summed E-state index contributed by atoms with van der Waals surface area (Å²) in [7, 11) is 0. The number of ether oxygens (including phenoxy) is 1. The van der Waals surface area contributed by atoms with E-state index in [0.29, 0.717) is 0 Å². The van der Waals surface area contributed by atoms with E-state index in [1.807, 2.05) is 65.6 Å². The van der Waals surface area contributed by atoms with Gasteiger partial charge in [0.25, 0.3) is 0 Å². The molecule has 0 spiro atoms. The summed E-state index contributed by atoms with van der Waals surface area (Å²) in [5, 5.41) is 0. The highest BCUT2D eigenvalue weighted by Gasteiger charge is 2.10. The molecule has 0 fully saturated rings. The second-order valence-electron chi connectivity index (χ2n) is 3.90. The number of hydrogen-bond donors (Lipinski definition) is 0. The van der Waals surface area contributed by atoms with Crippen LogP contribution in [0, 0.1) is 0 Å². The normalized spacial score (nSPS) is 9.68. The van der Waals surface area contributed by atoms with Gasteiger partial charge in [-0.05, 0) is 24.3 Å². The highest BCUT2D eigenvalue weighted by molar-refractivity contribution is 5.81. The van der Waals surface area contributed by atoms with Gasteiger partial charge in [0, 0.05) is 17.5 Å². The van der Waals surface area contributed by atoms with E-state index in [-0.39, 0.29) is 6.73 Å². The quantitative estimate of drug-likeness (QED) is 0.464. The minimum absolute atomic E-state index is 0.152. The number of anilines is 2. The van der Waals surface area contributed by atoms with Gasteiger partial charge < -0.3 is 9.64 Å². The zero-order valence-electron chi connectivity index (χ0n) is 10.5. The van der Waals surface area contributed by atoms with Gasteiger partial charge in [0.15, 0.2) is 6.73 Å². The smallest absolute Gasteiger partial charge is 0.331 e. The molecule has 0 aliphatic heterocycles. The molecule has 2 aromatic rings. The van der Waals surface area contributed by atoms with Crippen molar-refractivity contribution in [3.8, 4) is 0 Å². The number of hydrogen-bond acceptors (Lipinski definition) is 3. The van der Waals surface area contributed by atoms with Gasteiger partial charge in [-0.25, -0.2) is 4.79 Å². The molecule has 19 heavy (non-hydrogen) atoms. The molecular formula is C16H15NO2. The highest BCUT2D eigenvalue weighted by atomic mass is 16.5. The standard InChI is InChI=1S/C16H15NO2/c1-2-16(18)19-13-17(14-9-5-3-6-10-14)15-11-7-4-8-12-15/h2-12H,1,13H2. The van der Waals surface area contributed by atoms with Crippen molar-refractivity contribution >= 4 is 17.3 Å². The lowest BCUT2D eigenvalue weighted by atomic mass is 10.2. The van der Waals surface area contributed by atoms with Crippen LogP contribution >= 0.6 is 0 Å². The van der Waals surface area contributed by atoms with E-state index in [1.165, 1.54) is 0 Å². The summed E-state index contributed by atoms with van der Waals surface area (Å²) in [4.78, 5) is 13.1. The monoisotopic (exact) mass is 253 g/mol. The molecule has 96 valence electrons. The molecule has 3 nitrogen and oxygen atoms in total. The zero-order valence-corrected chi connectivity index (χ0v) is 10.5. The minimum atomic E-state index is -0.433. The Labute approximate surface area is 112 Å². The molecule has 0 saturated carbocycles. The molecule has 0 N–H and O–H groups in total. The molecule has 3 heteroatoms. The molecule has 0 atom stereocenters. The van der Waals surface area contributed by atoms with Gasteiger partial charge >= 0.3 is 5.97 Å².